The van der Waals surface area contributed by atoms with E-state index in [0.717, 1.165) is 29.6 Å². The Hall–Kier alpha value is -2.62. The van der Waals surface area contributed by atoms with Crippen LogP contribution >= 0.6 is 0 Å². The van der Waals surface area contributed by atoms with Gasteiger partial charge in [-0.1, -0.05) is 26.0 Å². The minimum atomic E-state index is -0.0132. The molecule has 0 bridgehead atoms. The summed E-state index contributed by atoms with van der Waals surface area (Å²) in [6.07, 6.45) is 3.70. The largest absolute Gasteiger partial charge is 0.349 e. The van der Waals surface area contributed by atoms with Gasteiger partial charge in [-0.3, -0.25) is 9.36 Å². The molecule has 0 fully saturated rings. The highest BCUT2D eigenvalue weighted by Crippen LogP contribution is 2.18. The maximum atomic E-state index is 12.3. The lowest BCUT2D eigenvalue weighted by molar-refractivity contribution is 0.0935. The Labute approximate surface area is 136 Å². The number of para-hydroxylation sites is 2. The van der Waals surface area contributed by atoms with E-state index in [9.17, 15) is 4.79 Å². The van der Waals surface area contributed by atoms with E-state index in [1.54, 1.807) is 0 Å². The summed E-state index contributed by atoms with van der Waals surface area (Å²) in [5, 5.41) is 3.06. The molecule has 0 aliphatic heterocycles. The lowest BCUT2D eigenvalue weighted by Crippen LogP contribution is -2.33. The molecule has 3 rings (SSSR count). The normalized spacial score (nSPS) is 11.1. The molecule has 0 aliphatic rings. The number of imidazole rings is 1. The average Bonchev–Trinajstić information content (AvgIpc) is 3.03. The second-order valence-corrected chi connectivity index (χ2v) is 5.64. The number of carbonyl (C=O) groups is 1. The number of amides is 1. The highest BCUT2D eigenvalue weighted by Gasteiger charge is 2.11. The molecule has 23 heavy (non-hydrogen) atoms. The maximum Gasteiger partial charge on any atom is 0.251 e. The maximum absolute atomic E-state index is 12.3. The van der Waals surface area contributed by atoms with Crippen LogP contribution in [0.2, 0.25) is 0 Å². The van der Waals surface area contributed by atoms with Gasteiger partial charge >= 0.3 is 0 Å². The SMILES string of the molecule is CCC(CC)NC(=O)c1ccc(-n2cnc3ccccc32)cc1. The molecule has 4 heteroatoms. The van der Waals surface area contributed by atoms with Crippen molar-refractivity contribution in [3.05, 3.63) is 60.4 Å². The molecule has 3 aromatic rings. The molecule has 0 atom stereocenters. The van der Waals surface area contributed by atoms with Crippen LogP contribution in [0, 0.1) is 0 Å². The zero-order valence-electron chi connectivity index (χ0n) is 13.5. The third-order valence-corrected chi connectivity index (χ3v) is 4.18. The van der Waals surface area contributed by atoms with Crippen molar-refractivity contribution in [1.82, 2.24) is 14.9 Å². The topological polar surface area (TPSA) is 46.9 Å². The van der Waals surface area contributed by atoms with Crippen molar-refractivity contribution < 1.29 is 4.79 Å². The highest BCUT2D eigenvalue weighted by molar-refractivity contribution is 5.94. The van der Waals surface area contributed by atoms with Crippen LogP contribution in [0.4, 0.5) is 0 Å². The van der Waals surface area contributed by atoms with Gasteiger partial charge in [0.05, 0.1) is 11.0 Å². The zero-order valence-corrected chi connectivity index (χ0v) is 13.5. The third kappa shape index (κ3) is 3.11. The second-order valence-electron chi connectivity index (χ2n) is 5.64. The number of hydrogen-bond acceptors (Lipinski definition) is 2. The van der Waals surface area contributed by atoms with Gasteiger partial charge in [-0.05, 0) is 49.2 Å². The van der Waals surface area contributed by atoms with Crippen molar-refractivity contribution in [2.75, 3.05) is 0 Å². The minimum absolute atomic E-state index is 0.0132. The van der Waals surface area contributed by atoms with Crippen LogP contribution in [0.15, 0.2) is 54.9 Å². The van der Waals surface area contributed by atoms with Crippen molar-refractivity contribution in [3.63, 3.8) is 0 Å². The Kier molecular flexibility index (Phi) is 4.42. The summed E-state index contributed by atoms with van der Waals surface area (Å²) in [5.41, 5.74) is 3.70. The monoisotopic (exact) mass is 307 g/mol. The number of benzene rings is 2. The van der Waals surface area contributed by atoms with Gasteiger partial charge in [0.2, 0.25) is 0 Å². The first-order valence-corrected chi connectivity index (χ1v) is 8.06. The van der Waals surface area contributed by atoms with Gasteiger partial charge in [0.25, 0.3) is 5.91 Å². The van der Waals surface area contributed by atoms with Crippen LogP contribution in [-0.4, -0.2) is 21.5 Å². The fourth-order valence-corrected chi connectivity index (χ4v) is 2.70. The predicted molar refractivity (Wildman–Crippen MR) is 92.9 cm³/mol. The van der Waals surface area contributed by atoms with Gasteiger partial charge in [0.1, 0.15) is 6.33 Å². The van der Waals surface area contributed by atoms with Crippen LogP contribution in [-0.2, 0) is 0 Å². The van der Waals surface area contributed by atoms with Gasteiger partial charge in [0, 0.05) is 17.3 Å². The first-order valence-electron chi connectivity index (χ1n) is 8.06. The molecule has 0 spiro atoms. The molecule has 118 valence electrons. The van der Waals surface area contributed by atoms with Crippen LogP contribution in [0.3, 0.4) is 0 Å². The number of nitrogens with one attached hydrogen (secondary N) is 1. The number of rotatable bonds is 5. The first kappa shape index (κ1) is 15.3. The van der Waals surface area contributed by atoms with Gasteiger partial charge < -0.3 is 5.32 Å². The third-order valence-electron chi connectivity index (χ3n) is 4.18. The summed E-state index contributed by atoms with van der Waals surface area (Å²) in [4.78, 5) is 16.7. The van der Waals surface area contributed by atoms with E-state index in [1.165, 1.54) is 0 Å². The summed E-state index contributed by atoms with van der Waals surface area (Å²) in [6.45, 7) is 4.17. The van der Waals surface area contributed by atoms with Crippen LogP contribution in [0.5, 0.6) is 0 Å². The van der Waals surface area contributed by atoms with Crippen LogP contribution in [0.1, 0.15) is 37.0 Å². The summed E-state index contributed by atoms with van der Waals surface area (Å²) in [7, 11) is 0. The van der Waals surface area contributed by atoms with Gasteiger partial charge in [0.15, 0.2) is 0 Å². The van der Waals surface area contributed by atoms with E-state index in [-0.39, 0.29) is 11.9 Å². The Balaban J connectivity index is 1.83. The molecule has 0 radical (unpaired) electrons. The number of aromatic nitrogens is 2. The van der Waals surface area contributed by atoms with Crippen molar-refractivity contribution in [2.24, 2.45) is 0 Å². The zero-order chi connectivity index (χ0) is 16.2. The van der Waals surface area contributed by atoms with Crippen molar-refractivity contribution in [2.45, 2.75) is 32.7 Å². The molecular formula is C19H21N3O. The molecule has 0 unspecified atom stereocenters. The summed E-state index contributed by atoms with van der Waals surface area (Å²) in [6, 6.07) is 15.9. The van der Waals surface area contributed by atoms with Crippen LogP contribution in [0.25, 0.3) is 16.7 Å². The van der Waals surface area contributed by atoms with E-state index >= 15 is 0 Å². The van der Waals surface area contributed by atoms with Crippen molar-refractivity contribution in [1.29, 1.82) is 0 Å². The van der Waals surface area contributed by atoms with Crippen LogP contribution < -0.4 is 5.32 Å². The molecular weight excluding hydrogens is 286 g/mol. The van der Waals surface area contributed by atoms with E-state index in [2.05, 4.69) is 24.1 Å². The second kappa shape index (κ2) is 6.65. The molecule has 1 amide bonds. The fraction of sp³-hybridized carbons (Fsp3) is 0.263. The molecule has 1 N–H and O–H groups in total. The van der Waals surface area contributed by atoms with Gasteiger partial charge in [-0.15, -0.1) is 0 Å². The smallest absolute Gasteiger partial charge is 0.251 e. The summed E-state index contributed by atoms with van der Waals surface area (Å²) in [5.74, 6) is -0.0132. The van der Waals surface area contributed by atoms with E-state index in [1.807, 2.05) is 59.4 Å². The molecule has 2 aromatic carbocycles. The first-order chi connectivity index (χ1) is 11.2. The Morgan fingerprint density at radius 3 is 2.48 bits per heavy atom. The molecule has 0 saturated heterocycles. The molecule has 0 saturated carbocycles. The fourth-order valence-electron chi connectivity index (χ4n) is 2.70. The lowest BCUT2D eigenvalue weighted by Gasteiger charge is -2.14. The summed E-state index contributed by atoms with van der Waals surface area (Å²) < 4.78 is 2.03. The number of hydrogen-bond donors (Lipinski definition) is 1. The number of carbonyl (C=O) groups excluding carboxylic acids is 1. The van der Waals surface area contributed by atoms with E-state index < -0.39 is 0 Å². The quantitative estimate of drug-likeness (QED) is 0.776. The number of nitrogens with zero attached hydrogens (tertiary/aromatic N) is 2. The van der Waals surface area contributed by atoms with Crippen molar-refractivity contribution >= 4 is 16.9 Å². The predicted octanol–water partition coefficient (Wildman–Crippen LogP) is 3.94. The molecule has 4 nitrogen and oxygen atoms in total. The standard InChI is InChI=1S/C19H21N3O/c1-3-15(4-2)21-19(23)14-9-11-16(12-10-14)22-13-20-17-7-5-6-8-18(17)22/h5-13,15H,3-4H2,1-2H3,(H,21,23). The Morgan fingerprint density at radius 2 is 1.78 bits per heavy atom. The minimum Gasteiger partial charge on any atom is -0.349 e. The molecule has 1 heterocycles. The molecule has 1 aromatic heterocycles. The van der Waals surface area contributed by atoms with E-state index in [0.29, 0.717) is 5.56 Å². The Bertz CT molecular complexity index is 801. The van der Waals surface area contributed by atoms with E-state index in [4.69, 9.17) is 0 Å². The molecule has 0 aliphatic carbocycles. The van der Waals surface area contributed by atoms with Crippen molar-refractivity contribution in [3.8, 4) is 5.69 Å². The Morgan fingerprint density at radius 1 is 1.09 bits per heavy atom. The summed E-state index contributed by atoms with van der Waals surface area (Å²) >= 11 is 0. The average molecular weight is 307 g/mol. The number of fused-ring (bicyclic) bond motifs is 1. The lowest BCUT2D eigenvalue weighted by atomic mass is 10.1. The van der Waals surface area contributed by atoms with Gasteiger partial charge in [-0.2, -0.15) is 0 Å². The highest BCUT2D eigenvalue weighted by atomic mass is 16.1. The van der Waals surface area contributed by atoms with Gasteiger partial charge in [-0.25, -0.2) is 4.98 Å².